The van der Waals surface area contributed by atoms with Gasteiger partial charge in [0.05, 0.1) is 23.7 Å². The van der Waals surface area contributed by atoms with Crippen LogP contribution in [0.15, 0.2) is 12.4 Å². The van der Waals surface area contributed by atoms with E-state index >= 15 is 0 Å². The number of rotatable bonds is 6. The fraction of sp³-hybridized carbons (Fsp3) is 0.769. The summed E-state index contributed by atoms with van der Waals surface area (Å²) in [6.45, 7) is 4.28. The molecule has 21 heavy (non-hydrogen) atoms. The van der Waals surface area contributed by atoms with Gasteiger partial charge in [-0.05, 0) is 38.8 Å². The van der Waals surface area contributed by atoms with Gasteiger partial charge in [-0.15, -0.1) is 0 Å². The second-order valence-electron chi connectivity index (χ2n) is 5.71. The van der Waals surface area contributed by atoms with Crippen LogP contribution in [0.4, 0.5) is 5.69 Å². The SMILES string of the molecule is CC(O)C1CCN(CC(O)Cn2cc([N+](=O)[O-])cn2)CC1. The zero-order chi connectivity index (χ0) is 15.4. The number of β-amino-alcohol motifs (C(OH)–C–C–N with tert-alkyl or cyclic N) is 1. The van der Waals surface area contributed by atoms with Gasteiger partial charge in [-0.2, -0.15) is 5.10 Å². The molecular weight excluding hydrogens is 276 g/mol. The average Bonchev–Trinajstić information content (AvgIpc) is 2.87. The summed E-state index contributed by atoms with van der Waals surface area (Å²) in [5, 5.41) is 34.0. The summed E-state index contributed by atoms with van der Waals surface area (Å²) in [6.07, 6.45) is 3.47. The zero-order valence-corrected chi connectivity index (χ0v) is 12.1. The quantitative estimate of drug-likeness (QED) is 0.576. The Labute approximate surface area is 123 Å². The first kappa shape index (κ1) is 15.9. The first-order valence-electron chi connectivity index (χ1n) is 7.21. The van der Waals surface area contributed by atoms with Crippen LogP contribution in [0.3, 0.4) is 0 Å². The summed E-state index contributed by atoms with van der Waals surface area (Å²) < 4.78 is 1.39. The molecular formula is C13H22N4O4. The molecule has 8 heteroatoms. The van der Waals surface area contributed by atoms with E-state index in [1.165, 1.54) is 17.1 Å². The third-order valence-corrected chi connectivity index (χ3v) is 4.01. The second kappa shape index (κ2) is 6.97. The van der Waals surface area contributed by atoms with Crippen LogP contribution in [0, 0.1) is 16.0 Å². The molecule has 0 bridgehead atoms. The summed E-state index contributed by atoms with van der Waals surface area (Å²) in [5.74, 6) is 0.340. The molecule has 0 aliphatic carbocycles. The maximum Gasteiger partial charge on any atom is 0.306 e. The average molecular weight is 298 g/mol. The smallest absolute Gasteiger partial charge is 0.306 e. The van der Waals surface area contributed by atoms with Crippen molar-refractivity contribution in [3.05, 3.63) is 22.5 Å². The molecule has 0 aromatic carbocycles. The van der Waals surface area contributed by atoms with Crippen molar-refractivity contribution >= 4 is 5.69 Å². The molecule has 0 radical (unpaired) electrons. The van der Waals surface area contributed by atoms with E-state index in [0.29, 0.717) is 12.5 Å². The van der Waals surface area contributed by atoms with E-state index in [4.69, 9.17) is 0 Å². The van der Waals surface area contributed by atoms with Crippen molar-refractivity contribution in [3.63, 3.8) is 0 Å². The van der Waals surface area contributed by atoms with Gasteiger partial charge in [0.1, 0.15) is 12.4 Å². The van der Waals surface area contributed by atoms with Gasteiger partial charge in [0.25, 0.3) is 0 Å². The molecule has 1 saturated heterocycles. The Morgan fingerprint density at radius 1 is 1.43 bits per heavy atom. The summed E-state index contributed by atoms with van der Waals surface area (Å²) in [4.78, 5) is 12.2. The van der Waals surface area contributed by atoms with Crippen LogP contribution in [0.25, 0.3) is 0 Å². The molecule has 0 saturated carbocycles. The van der Waals surface area contributed by atoms with Gasteiger partial charge in [-0.1, -0.05) is 0 Å². The molecule has 118 valence electrons. The van der Waals surface area contributed by atoms with Crippen molar-refractivity contribution in [1.29, 1.82) is 0 Å². The third-order valence-electron chi connectivity index (χ3n) is 4.01. The summed E-state index contributed by atoms with van der Waals surface area (Å²) in [6, 6.07) is 0. The maximum absolute atomic E-state index is 10.6. The Balaban J connectivity index is 1.77. The number of nitro groups is 1. The minimum absolute atomic E-state index is 0.0695. The number of likely N-dealkylation sites (tertiary alicyclic amines) is 1. The molecule has 0 spiro atoms. The van der Waals surface area contributed by atoms with Gasteiger partial charge >= 0.3 is 5.69 Å². The summed E-state index contributed by atoms with van der Waals surface area (Å²) in [7, 11) is 0. The standard InChI is InChI=1S/C13H22N4O4/c1-10(18)11-2-4-15(5-3-11)8-13(19)9-16-7-12(6-14-16)17(20)21/h6-7,10-11,13,18-19H,2-5,8-9H2,1H3. The number of piperidine rings is 1. The Hall–Kier alpha value is -1.51. The van der Waals surface area contributed by atoms with Crippen LogP contribution >= 0.6 is 0 Å². The van der Waals surface area contributed by atoms with E-state index in [2.05, 4.69) is 10.00 Å². The number of aliphatic hydroxyl groups excluding tert-OH is 2. The molecule has 8 nitrogen and oxygen atoms in total. The Kier molecular flexibility index (Phi) is 5.27. The predicted molar refractivity (Wildman–Crippen MR) is 75.7 cm³/mol. The van der Waals surface area contributed by atoms with Crippen LogP contribution in [-0.4, -0.2) is 61.7 Å². The fourth-order valence-electron chi connectivity index (χ4n) is 2.74. The van der Waals surface area contributed by atoms with Crippen molar-refractivity contribution in [2.75, 3.05) is 19.6 Å². The Morgan fingerprint density at radius 2 is 2.10 bits per heavy atom. The molecule has 2 rings (SSSR count). The zero-order valence-electron chi connectivity index (χ0n) is 12.1. The van der Waals surface area contributed by atoms with E-state index < -0.39 is 11.0 Å². The van der Waals surface area contributed by atoms with Crippen LogP contribution in [0.2, 0.25) is 0 Å². The van der Waals surface area contributed by atoms with Gasteiger partial charge in [-0.25, -0.2) is 0 Å². The minimum atomic E-state index is -0.618. The lowest BCUT2D eigenvalue weighted by atomic mass is 9.92. The van der Waals surface area contributed by atoms with Crippen molar-refractivity contribution in [1.82, 2.24) is 14.7 Å². The number of hydrogen-bond acceptors (Lipinski definition) is 6. The fourth-order valence-corrected chi connectivity index (χ4v) is 2.74. The molecule has 2 atom stereocenters. The molecule has 1 aliphatic rings. The molecule has 1 aromatic rings. The highest BCUT2D eigenvalue weighted by atomic mass is 16.6. The van der Waals surface area contributed by atoms with Crippen molar-refractivity contribution in [2.45, 2.75) is 38.5 Å². The van der Waals surface area contributed by atoms with Crippen molar-refractivity contribution < 1.29 is 15.1 Å². The lowest BCUT2D eigenvalue weighted by Crippen LogP contribution is -2.41. The molecule has 1 aliphatic heterocycles. The molecule has 2 unspecified atom stereocenters. The molecule has 2 heterocycles. The van der Waals surface area contributed by atoms with Crippen LogP contribution in [0.5, 0.6) is 0 Å². The molecule has 0 amide bonds. The van der Waals surface area contributed by atoms with E-state index in [1.54, 1.807) is 0 Å². The number of hydrogen-bond donors (Lipinski definition) is 2. The van der Waals surface area contributed by atoms with Gasteiger partial charge in [0.2, 0.25) is 0 Å². The van der Waals surface area contributed by atoms with Crippen LogP contribution in [0.1, 0.15) is 19.8 Å². The third kappa shape index (κ3) is 4.48. The summed E-state index contributed by atoms with van der Waals surface area (Å²) in [5.41, 5.74) is -0.0695. The summed E-state index contributed by atoms with van der Waals surface area (Å²) >= 11 is 0. The van der Waals surface area contributed by atoms with Crippen LogP contribution < -0.4 is 0 Å². The van der Waals surface area contributed by atoms with Crippen LogP contribution in [-0.2, 0) is 6.54 Å². The normalized spacial score (nSPS) is 20.3. The first-order valence-corrected chi connectivity index (χ1v) is 7.21. The highest BCUT2D eigenvalue weighted by molar-refractivity contribution is 5.20. The van der Waals surface area contributed by atoms with Gasteiger partial charge in [0, 0.05) is 6.54 Å². The second-order valence-corrected chi connectivity index (χ2v) is 5.71. The van der Waals surface area contributed by atoms with Crippen molar-refractivity contribution in [3.8, 4) is 0 Å². The molecule has 2 N–H and O–H groups in total. The number of aromatic nitrogens is 2. The monoisotopic (exact) mass is 298 g/mol. The van der Waals surface area contributed by atoms with E-state index in [-0.39, 0.29) is 18.3 Å². The minimum Gasteiger partial charge on any atom is -0.393 e. The molecule has 1 fully saturated rings. The van der Waals surface area contributed by atoms with Gasteiger partial charge in [0.15, 0.2) is 0 Å². The molecule has 1 aromatic heterocycles. The van der Waals surface area contributed by atoms with E-state index in [0.717, 1.165) is 25.9 Å². The largest absolute Gasteiger partial charge is 0.393 e. The van der Waals surface area contributed by atoms with Gasteiger partial charge < -0.3 is 15.1 Å². The topological polar surface area (TPSA) is 105 Å². The van der Waals surface area contributed by atoms with E-state index in [9.17, 15) is 20.3 Å². The highest BCUT2D eigenvalue weighted by Gasteiger charge is 2.24. The van der Waals surface area contributed by atoms with Gasteiger partial charge in [-0.3, -0.25) is 14.8 Å². The number of aliphatic hydroxyl groups is 2. The Morgan fingerprint density at radius 3 is 2.62 bits per heavy atom. The lowest BCUT2D eigenvalue weighted by molar-refractivity contribution is -0.385. The predicted octanol–water partition coefficient (Wildman–Crippen LogP) is 0.245. The first-order chi connectivity index (χ1) is 9.95. The van der Waals surface area contributed by atoms with E-state index in [1.807, 2.05) is 6.92 Å². The number of nitrogens with zero attached hydrogens (tertiary/aromatic N) is 4. The Bertz CT molecular complexity index is 468. The lowest BCUT2D eigenvalue weighted by Gasteiger charge is -2.34. The van der Waals surface area contributed by atoms with Crippen molar-refractivity contribution in [2.24, 2.45) is 5.92 Å². The maximum atomic E-state index is 10.6. The highest BCUT2D eigenvalue weighted by Crippen LogP contribution is 2.20.